The summed E-state index contributed by atoms with van der Waals surface area (Å²) in [5, 5.41) is 12.9. The first-order valence-corrected chi connectivity index (χ1v) is 12.0. The molecule has 0 aliphatic heterocycles. The molecule has 1 amide bonds. The zero-order valence-electron chi connectivity index (χ0n) is 19.8. The Labute approximate surface area is 219 Å². The molecule has 0 saturated heterocycles. The highest BCUT2D eigenvalue weighted by molar-refractivity contribution is 6.30. The van der Waals surface area contributed by atoms with Gasteiger partial charge in [0.2, 0.25) is 0 Å². The van der Waals surface area contributed by atoms with Crippen molar-refractivity contribution in [2.75, 3.05) is 13.2 Å². The van der Waals surface area contributed by atoms with E-state index in [-0.39, 0.29) is 18.9 Å². The molecule has 0 radical (unpaired) electrons. The van der Waals surface area contributed by atoms with E-state index in [0.717, 1.165) is 16.8 Å². The largest absolute Gasteiger partial charge is 0.492 e. The summed E-state index contributed by atoms with van der Waals surface area (Å²) >= 11 is 5.86. The monoisotopic (exact) mass is 516 g/mol. The molecular formula is C29H25ClN2O5. The van der Waals surface area contributed by atoms with Gasteiger partial charge in [0.15, 0.2) is 6.10 Å². The third-order valence-electron chi connectivity index (χ3n) is 5.48. The van der Waals surface area contributed by atoms with Crippen LogP contribution in [0.4, 0.5) is 0 Å². The number of aliphatic carboxylic acids is 1. The summed E-state index contributed by atoms with van der Waals surface area (Å²) in [5.41, 5.74) is 3.13. The molecule has 0 aliphatic carbocycles. The molecule has 8 heteroatoms. The highest BCUT2D eigenvalue weighted by Gasteiger charge is 2.20. The van der Waals surface area contributed by atoms with Crippen LogP contribution in [0.1, 0.15) is 15.9 Å². The topological polar surface area (TPSA) is 97.8 Å². The summed E-state index contributed by atoms with van der Waals surface area (Å²) in [5.74, 6) is -0.199. The lowest BCUT2D eigenvalue weighted by molar-refractivity contribution is -0.145. The Balaban J connectivity index is 1.22. The van der Waals surface area contributed by atoms with E-state index in [1.807, 2.05) is 30.3 Å². The lowest BCUT2D eigenvalue weighted by Crippen LogP contribution is -2.29. The van der Waals surface area contributed by atoms with Crippen LogP contribution in [-0.4, -0.2) is 41.2 Å². The van der Waals surface area contributed by atoms with E-state index in [1.54, 1.807) is 66.9 Å². The van der Waals surface area contributed by atoms with E-state index in [4.69, 9.17) is 21.1 Å². The number of benzene rings is 3. The van der Waals surface area contributed by atoms with Crippen LogP contribution in [-0.2, 0) is 11.2 Å². The van der Waals surface area contributed by atoms with Crippen LogP contribution in [0.5, 0.6) is 11.5 Å². The number of carboxylic acid groups (broad SMARTS) is 1. The molecule has 1 heterocycles. The van der Waals surface area contributed by atoms with Crippen molar-refractivity contribution in [3.63, 3.8) is 0 Å². The van der Waals surface area contributed by atoms with Crippen molar-refractivity contribution in [1.29, 1.82) is 0 Å². The molecule has 2 N–H and O–H groups in total. The first kappa shape index (κ1) is 25.7. The van der Waals surface area contributed by atoms with E-state index in [1.165, 1.54) is 0 Å². The number of hydrogen-bond acceptors (Lipinski definition) is 5. The molecule has 4 rings (SSSR count). The number of ether oxygens (including phenoxy) is 2. The number of aromatic nitrogens is 1. The van der Waals surface area contributed by atoms with Gasteiger partial charge in [0.05, 0.1) is 12.2 Å². The fraction of sp³-hybridized carbons (Fsp3) is 0.138. The third-order valence-corrected chi connectivity index (χ3v) is 5.73. The summed E-state index contributed by atoms with van der Waals surface area (Å²) in [6.45, 7) is 0.618. The molecule has 0 saturated carbocycles. The second kappa shape index (κ2) is 12.6. The molecule has 1 unspecified atom stereocenters. The van der Waals surface area contributed by atoms with Gasteiger partial charge >= 0.3 is 5.97 Å². The number of hydrogen-bond donors (Lipinski definition) is 2. The Morgan fingerprint density at radius 3 is 2.24 bits per heavy atom. The van der Waals surface area contributed by atoms with Crippen LogP contribution in [0.15, 0.2) is 97.2 Å². The smallest absolute Gasteiger partial charge is 0.345 e. The summed E-state index contributed by atoms with van der Waals surface area (Å²) in [7, 11) is 0. The Kier molecular flexibility index (Phi) is 8.73. The minimum atomic E-state index is -1.06. The maximum Gasteiger partial charge on any atom is 0.345 e. The summed E-state index contributed by atoms with van der Waals surface area (Å²) in [4.78, 5) is 28.4. The predicted octanol–water partition coefficient (Wildman–Crippen LogP) is 5.29. The van der Waals surface area contributed by atoms with Crippen molar-refractivity contribution < 1.29 is 24.2 Å². The first-order valence-electron chi connectivity index (χ1n) is 11.6. The van der Waals surface area contributed by atoms with Crippen molar-refractivity contribution in [3.8, 4) is 22.8 Å². The van der Waals surface area contributed by atoms with Crippen molar-refractivity contribution in [2.45, 2.75) is 12.5 Å². The number of nitrogens with zero attached hydrogens (tertiary/aromatic N) is 1. The third kappa shape index (κ3) is 7.56. The normalized spacial score (nSPS) is 11.4. The molecule has 188 valence electrons. The van der Waals surface area contributed by atoms with E-state index in [9.17, 15) is 14.7 Å². The number of carbonyl (C=O) groups excluding carboxylic acids is 1. The Bertz CT molecular complexity index is 1310. The quantitative estimate of drug-likeness (QED) is 0.263. The van der Waals surface area contributed by atoms with Gasteiger partial charge in [-0.15, -0.1) is 0 Å². The first-order chi connectivity index (χ1) is 18.0. The van der Waals surface area contributed by atoms with Crippen LogP contribution >= 0.6 is 11.6 Å². The fourth-order valence-corrected chi connectivity index (χ4v) is 3.68. The zero-order chi connectivity index (χ0) is 26.0. The van der Waals surface area contributed by atoms with Crippen molar-refractivity contribution in [2.24, 2.45) is 0 Å². The highest BCUT2D eigenvalue weighted by Crippen LogP contribution is 2.20. The number of halogens is 1. The number of amides is 1. The molecule has 0 fully saturated rings. The van der Waals surface area contributed by atoms with Crippen molar-refractivity contribution in [3.05, 3.63) is 113 Å². The molecular weight excluding hydrogens is 492 g/mol. The van der Waals surface area contributed by atoms with Gasteiger partial charge < -0.3 is 19.9 Å². The molecule has 4 aromatic rings. The Hall–Kier alpha value is -4.36. The summed E-state index contributed by atoms with van der Waals surface area (Å²) in [6, 6.07) is 26.6. The number of carbonyl (C=O) groups is 2. The van der Waals surface area contributed by atoms with E-state index >= 15 is 0 Å². The van der Waals surface area contributed by atoms with Crippen LogP contribution in [0.3, 0.4) is 0 Å². The molecule has 37 heavy (non-hydrogen) atoms. The van der Waals surface area contributed by atoms with Gasteiger partial charge in [-0.05, 0) is 66.2 Å². The maximum atomic E-state index is 12.4. The molecule has 0 spiro atoms. The number of carboxylic acids is 1. The van der Waals surface area contributed by atoms with Gasteiger partial charge in [0.1, 0.15) is 18.1 Å². The molecule has 3 aromatic carbocycles. The molecule has 0 aliphatic rings. The van der Waals surface area contributed by atoms with Gasteiger partial charge in [-0.2, -0.15) is 0 Å². The average Bonchev–Trinajstić information content (AvgIpc) is 2.93. The lowest BCUT2D eigenvalue weighted by Gasteiger charge is -2.15. The molecule has 0 bridgehead atoms. The van der Waals surface area contributed by atoms with E-state index in [2.05, 4.69) is 10.3 Å². The minimum Gasteiger partial charge on any atom is -0.492 e. The standard InChI is InChI=1S/C29H25ClN2O5/c30-23-10-14-25(15-11-23)37-27(29(34)35)19-20-4-12-24(13-5-20)36-18-17-32-28(33)22-8-6-21(7-9-22)26-3-1-2-16-31-26/h1-16,27H,17-19H2,(H,32,33)(H,34,35). The summed E-state index contributed by atoms with van der Waals surface area (Å²) in [6.07, 6.45) is 0.877. The van der Waals surface area contributed by atoms with Crippen LogP contribution < -0.4 is 14.8 Å². The maximum absolute atomic E-state index is 12.4. The van der Waals surface area contributed by atoms with Crippen LogP contribution in [0.2, 0.25) is 5.02 Å². The molecule has 7 nitrogen and oxygen atoms in total. The van der Waals surface area contributed by atoms with Gasteiger partial charge in [-0.3, -0.25) is 9.78 Å². The van der Waals surface area contributed by atoms with Crippen molar-refractivity contribution in [1.82, 2.24) is 10.3 Å². The Morgan fingerprint density at radius 2 is 1.59 bits per heavy atom. The van der Waals surface area contributed by atoms with Crippen LogP contribution in [0, 0.1) is 0 Å². The average molecular weight is 517 g/mol. The number of rotatable bonds is 11. The SMILES string of the molecule is O=C(NCCOc1ccc(CC(Oc2ccc(Cl)cc2)C(=O)O)cc1)c1ccc(-c2ccccn2)cc1. The van der Waals surface area contributed by atoms with Gasteiger partial charge in [0, 0.05) is 28.8 Å². The minimum absolute atomic E-state index is 0.188. The summed E-state index contributed by atoms with van der Waals surface area (Å²) < 4.78 is 11.3. The van der Waals surface area contributed by atoms with Crippen LogP contribution in [0.25, 0.3) is 11.3 Å². The number of nitrogens with one attached hydrogen (secondary N) is 1. The van der Waals surface area contributed by atoms with Gasteiger partial charge in [-0.1, -0.05) is 41.9 Å². The number of pyridine rings is 1. The Morgan fingerprint density at radius 1 is 0.892 bits per heavy atom. The molecule has 1 atom stereocenters. The fourth-order valence-electron chi connectivity index (χ4n) is 3.55. The second-order valence-electron chi connectivity index (χ2n) is 8.14. The van der Waals surface area contributed by atoms with Gasteiger partial charge in [-0.25, -0.2) is 4.79 Å². The van der Waals surface area contributed by atoms with Crippen molar-refractivity contribution >= 4 is 23.5 Å². The zero-order valence-corrected chi connectivity index (χ0v) is 20.6. The lowest BCUT2D eigenvalue weighted by atomic mass is 10.1. The van der Waals surface area contributed by atoms with E-state index < -0.39 is 12.1 Å². The predicted molar refractivity (Wildman–Crippen MR) is 141 cm³/mol. The highest BCUT2D eigenvalue weighted by atomic mass is 35.5. The van der Waals surface area contributed by atoms with E-state index in [0.29, 0.717) is 28.6 Å². The molecule has 1 aromatic heterocycles. The van der Waals surface area contributed by atoms with Gasteiger partial charge in [0.25, 0.3) is 5.91 Å². The second-order valence-corrected chi connectivity index (χ2v) is 8.58.